The Bertz CT molecular complexity index is 610. The third kappa shape index (κ3) is 3.48. The number of aliphatic hydroxyl groups excluding tert-OH is 2. The highest BCUT2D eigenvalue weighted by Crippen LogP contribution is 2.30. The molecule has 2 N–H and O–H groups in total. The molecule has 0 aliphatic rings. The fourth-order valence-electron chi connectivity index (χ4n) is 2.29. The smallest absolute Gasteiger partial charge is 0.126 e. The summed E-state index contributed by atoms with van der Waals surface area (Å²) < 4.78 is 28.0. The predicted molar refractivity (Wildman–Crippen MR) is 80.1 cm³/mol. The van der Waals surface area contributed by atoms with Crippen LogP contribution >= 0.6 is 15.9 Å². The minimum Gasteiger partial charge on any atom is -0.395 e. The van der Waals surface area contributed by atoms with Crippen LogP contribution < -0.4 is 0 Å². The van der Waals surface area contributed by atoms with Crippen molar-refractivity contribution in [2.45, 2.75) is 11.8 Å². The summed E-state index contributed by atoms with van der Waals surface area (Å²) >= 11 is 3.31. The van der Waals surface area contributed by atoms with E-state index in [1.165, 1.54) is 0 Å². The van der Waals surface area contributed by atoms with Gasteiger partial charge in [-0.15, -0.1) is 0 Å². The zero-order chi connectivity index (χ0) is 15.5. The van der Waals surface area contributed by atoms with Crippen LogP contribution in [-0.4, -0.2) is 23.4 Å². The molecular formula is C16H15BrF2O2. The van der Waals surface area contributed by atoms with Crippen LogP contribution in [0.15, 0.2) is 46.9 Å². The average Bonchev–Trinajstić information content (AvgIpc) is 2.49. The quantitative estimate of drug-likeness (QED) is 0.863. The molecule has 0 aromatic heterocycles. The Hall–Kier alpha value is -1.30. The first-order valence-corrected chi connectivity index (χ1v) is 7.22. The maximum absolute atomic E-state index is 13.8. The number of aliphatic hydroxyl groups is 2. The lowest BCUT2D eigenvalue weighted by molar-refractivity contribution is 0.115. The molecule has 0 fully saturated rings. The van der Waals surface area contributed by atoms with E-state index in [1.54, 1.807) is 24.3 Å². The van der Waals surface area contributed by atoms with Crippen LogP contribution in [-0.2, 0) is 11.8 Å². The standard InChI is InChI=1S/C16H15BrF2O2/c17-13-3-1-12(2-4-13)16(9-20,10-21)8-11-7-14(18)5-6-15(11)19/h1-7,20-21H,8-10H2. The van der Waals surface area contributed by atoms with E-state index >= 15 is 0 Å². The molecule has 0 atom stereocenters. The predicted octanol–water partition coefficient (Wildman–Crippen LogP) is 3.19. The Kier molecular flexibility index (Phi) is 5.08. The summed E-state index contributed by atoms with van der Waals surface area (Å²) in [5, 5.41) is 19.5. The molecule has 0 unspecified atom stereocenters. The van der Waals surface area contributed by atoms with E-state index in [1.807, 2.05) is 0 Å². The lowest BCUT2D eigenvalue weighted by atomic mass is 9.76. The third-order valence-electron chi connectivity index (χ3n) is 3.60. The molecule has 0 heterocycles. The molecule has 2 aromatic carbocycles. The molecule has 0 bridgehead atoms. The Balaban J connectivity index is 2.42. The van der Waals surface area contributed by atoms with E-state index in [9.17, 15) is 19.0 Å². The number of halogens is 3. The monoisotopic (exact) mass is 356 g/mol. The molecule has 0 saturated carbocycles. The van der Waals surface area contributed by atoms with Gasteiger partial charge in [-0.2, -0.15) is 0 Å². The highest BCUT2D eigenvalue weighted by atomic mass is 79.9. The molecule has 0 spiro atoms. The molecule has 2 aromatic rings. The van der Waals surface area contributed by atoms with Crippen LogP contribution in [0.1, 0.15) is 11.1 Å². The highest BCUT2D eigenvalue weighted by Gasteiger charge is 2.32. The van der Waals surface area contributed by atoms with Crippen molar-refractivity contribution in [3.8, 4) is 0 Å². The van der Waals surface area contributed by atoms with Gasteiger partial charge in [-0.05, 0) is 47.9 Å². The molecule has 0 radical (unpaired) electrons. The second kappa shape index (κ2) is 6.64. The van der Waals surface area contributed by atoms with Gasteiger partial charge in [0, 0.05) is 9.89 Å². The van der Waals surface area contributed by atoms with E-state index in [4.69, 9.17) is 0 Å². The third-order valence-corrected chi connectivity index (χ3v) is 4.13. The van der Waals surface area contributed by atoms with Gasteiger partial charge in [-0.1, -0.05) is 28.1 Å². The van der Waals surface area contributed by atoms with Crippen LogP contribution in [0.25, 0.3) is 0 Å². The summed E-state index contributed by atoms with van der Waals surface area (Å²) in [5.41, 5.74) is -0.268. The SMILES string of the molecule is OCC(CO)(Cc1cc(F)ccc1F)c1ccc(Br)cc1. The number of hydrogen-bond donors (Lipinski definition) is 2. The van der Waals surface area contributed by atoms with Gasteiger partial charge >= 0.3 is 0 Å². The lowest BCUT2D eigenvalue weighted by Gasteiger charge is -2.31. The molecule has 0 saturated heterocycles. The van der Waals surface area contributed by atoms with Crippen molar-refractivity contribution in [1.82, 2.24) is 0 Å². The van der Waals surface area contributed by atoms with Crippen LogP contribution in [0.5, 0.6) is 0 Å². The molecule has 0 aliphatic heterocycles. The van der Waals surface area contributed by atoms with Gasteiger partial charge in [0.25, 0.3) is 0 Å². The first-order chi connectivity index (χ1) is 10.0. The van der Waals surface area contributed by atoms with Crippen molar-refractivity contribution in [3.05, 3.63) is 69.7 Å². The maximum atomic E-state index is 13.8. The van der Waals surface area contributed by atoms with Crippen LogP contribution in [0, 0.1) is 11.6 Å². The first-order valence-electron chi connectivity index (χ1n) is 6.42. The van der Waals surface area contributed by atoms with Crippen LogP contribution in [0.2, 0.25) is 0 Å². The van der Waals surface area contributed by atoms with Crippen molar-refractivity contribution in [1.29, 1.82) is 0 Å². The van der Waals surface area contributed by atoms with E-state index in [0.717, 1.165) is 22.7 Å². The average molecular weight is 357 g/mol. The molecule has 5 heteroatoms. The number of benzene rings is 2. The van der Waals surface area contributed by atoms with Gasteiger partial charge < -0.3 is 10.2 Å². The minimum atomic E-state index is -1.06. The molecular weight excluding hydrogens is 342 g/mol. The Labute approximate surface area is 130 Å². The van der Waals surface area contributed by atoms with Crippen molar-refractivity contribution >= 4 is 15.9 Å². The van der Waals surface area contributed by atoms with Crippen molar-refractivity contribution in [3.63, 3.8) is 0 Å². The van der Waals surface area contributed by atoms with E-state index in [0.29, 0.717) is 5.56 Å². The number of hydrogen-bond acceptors (Lipinski definition) is 2. The zero-order valence-electron chi connectivity index (χ0n) is 11.2. The van der Waals surface area contributed by atoms with Crippen LogP contribution in [0.3, 0.4) is 0 Å². The fraction of sp³-hybridized carbons (Fsp3) is 0.250. The zero-order valence-corrected chi connectivity index (χ0v) is 12.8. The van der Waals surface area contributed by atoms with Crippen molar-refractivity contribution < 1.29 is 19.0 Å². The Morgan fingerprint density at radius 1 is 0.952 bits per heavy atom. The van der Waals surface area contributed by atoms with Crippen molar-refractivity contribution in [2.24, 2.45) is 0 Å². The summed E-state index contributed by atoms with van der Waals surface area (Å²) in [6.07, 6.45) is 0.00518. The Morgan fingerprint density at radius 3 is 2.14 bits per heavy atom. The van der Waals surface area contributed by atoms with Gasteiger partial charge in [-0.25, -0.2) is 8.78 Å². The summed E-state index contributed by atoms with van der Waals surface area (Å²) in [6.45, 7) is -0.748. The molecule has 21 heavy (non-hydrogen) atoms. The second-order valence-corrected chi connectivity index (χ2v) is 5.93. The van der Waals surface area contributed by atoms with Crippen LogP contribution in [0.4, 0.5) is 8.78 Å². The molecule has 112 valence electrons. The topological polar surface area (TPSA) is 40.5 Å². The first kappa shape index (κ1) is 16.1. The van der Waals surface area contributed by atoms with Gasteiger partial charge in [0.15, 0.2) is 0 Å². The Morgan fingerprint density at radius 2 is 1.57 bits per heavy atom. The maximum Gasteiger partial charge on any atom is 0.126 e. The summed E-state index contributed by atoms with van der Waals surface area (Å²) in [7, 11) is 0. The van der Waals surface area contributed by atoms with Gasteiger partial charge in [0.1, 0.15) is 11.6 Å². The number of rotatable bonds is 5. The molecule has 2 rings (SSSR count). The normalized spacial score (nSPS) is 11.7. The van der Waals surface area contributed by atoms with Gasteiger partial charge in [0.05, 0.1) is 13.2 Å². The van der Waals surface area contributed by atoms with Gasteiger partial charge in [0.2, 0.25) is 0 Å². The van der Waals surface area contributed by atoms with E-state index in [-0.39, 0.29) is 25.2 Å². The summed E-state index contributed by atoms with van der Waals surface area (Å²) in [4.78, 5) is 0. The van der Waals surface area contributed by atoms with E-state index in [2.05, 4.69) is 15.9 Å². The highest BCUT2D eigenvalue weighted by molar-refractivity contribution is 9.10. The summed E-state index contributed by atoms with van der Waals surface area (Å²) in [5.74, 6) is -1.10. The van der Waals surface area contributed by atoms with E-state index < -0.39 is 17.0 Å². The van der Waals surface area contributed by atoms with Crippen molar-refractivity contribution in [2.75, 3.05) is 13.2 Å². The summed E-state index contributed by atoms with van der Waals surface area (Å²) in [6, 6.07) is 10.2. The molecule has 0 amide bonds. The van der Waals surface area contributed by atoms with Gasteiger partial charge in [-0.3, -0.25) is 0 Å². The lowest BCUT2D eigenvalue weighted by Crippen LogP contribution is -2.37. The molecule has 0 aliphatic carbocycles. The minimum absolute atomic E-state index is 0.00518. The molecule has 2 nitrogen and oxygen atoms in total. The second-order valence-electron chi connectivity index (χ2n) is 5.02. The largest absolute Gasteiger partial charge is 0.395 e. The fourth-order valence-corrected chi connectivity index (χ4v) is 2.56.